The van der Waals surface area contributed by atoms with Crippen molar-refractivity contribution in [2.24, 2.45) is 5.92 Å². The van der Waals surface area contributed by atoms with Gasteiger partial charge in [-0.2, -0.15) is 0 Å². The Morgan fingerprint density at radius 2 is 1.96 bits per heavy atom. The van der Waals surface area contributed by atoms with Crippen LogP contribution in [0.25, 0.3) is 10.1 Å². The molecule has 2 bridgehead atoms. The Labute approximate surface area is 157 Å². The van der Waals surface area contributed by atoms with Crippen LogP contribution in [0.5, 0.6) is 0 Å². The molecule has 1 saturated carbocycles. The fourth-order valence-corrected chi connectivity index (χ4v) is 6.00. The first-order chi connectivity index (χ1) is 12.4. The Bertz CT molecular complexity index is 878. The van der Waals surface area contributed by atoms with Crippen molar-refractivity contribution in [1.29, 1.82) is 0 Å². The largest absolute Gasteiger partial charge is 0.346 e. The molecule has 1 aromatic heterocycles. The van der Waals surface area contributed by atoms with Crippen LogP contribution < -0.4 is 5.32 Å². The molecule has 3 aliphatic heterocycles. The first-order valence-corrected chi connectivity index (χ1v) is 10.5. The van der Waals surface area contributed by atoms with Crippen LogP contribution >= 0.6 is 11.3 Å². The summed E-state index contributed by atoms with van der Waals surface area (Å²) in [5, 5.41) is 4.14. The average molecular weight is 373 g/mol. The number of hydrogen-bond acceptors (Lipinski definition) is 3. The molecule has 138 valence electrons. The quantitative estimate of drug-likeness (QED) is 0.859. The summed E-state index contributed by atoms with van der Waals surface area (Å²) in [5.41, 5.74) is 0.808. The molecule has 4 fully saturated rings. The van der Waals surface area contributed by atoms with Crippen LogP contribution in [0.2, 0.25) is 0 Å². The molecule has 5 heteroatoms. The van der Waals surface area contributed by atoms with Gasteiger partial charge in [-0.15, -0.1) is 11.3 Å². The highest BCUT2D eigenvalue weighted by molar-refractivity contribution is 7.20. The first kappa shape index (κ1) is 16.7. The van der Waals surface area contributed by atoms with E-state index in [9.17, 15) is 9.18 Å². The molecule has 3 nitrogen and oxygen atoms in total. The summed E-state index contributed by atoms with van der Waals surface area (Å²) in [7, 11) is 0. The van der Waals surface area contributed by atoms with Gasteiger partial charge in [-0.3, -0.25) is 9.69 Å². The van der Waals surface area contributed by atoms with Gasteiger partial charge in [-0.05, 0) is 81.5 Å². The fourth-order valence-electron chi connectivity index (χ4n) is 5.00. The summed E-state index contributed by atoms with van der Waals surface area (Å²) in [6.07, 6.45) is 4.46. The second kappa shape index (κ2) is 5.77. The van der Waals surface area contributed by atoms with Gasteiger partial charge in [0.25, 0.3) is 5.91 Å². The van der Waals surface area contributed by atoms with Crippen molar-refractivity contribution in [1.82, 2.24) is 10.2 Å². The number of amides is 1. The lowest BCUT2D eigenvalue weighted by molar-refractivity contribution is -0.0377. The maximum atomic E-state index is 14.8. The third kappa shape index (κ3) is 2.51. The van der Waals surface area contributed by atoms with Crippen LogP contribution in [0.3, 0.4) is 0 Å². The number of carbonyl (C=O) groups is 1. The Morgan fingerprint density at radius 3 is 2.62 bits per heavy atom. The number of nitrogens with zero attached hydrogens (tertiary/aromatic N) is 1. The SMILES string of the molecule is CC1(C)C(NC(=O)c2cc3ccc(C4CC4)c(F)c3s2)C2CCN1CC2. The Morgan fingerprint density at radius 1 is 1.23 bits per heavy atom. The van der Waals surface area contributed by atoms with Gasteiger partial charge in [0.1, 0.15) is 5.82 Å². The molecule has 4 aliphatic rings. The number of hydrogen-bond donors (Lipinski definition) is 1. The van der Waals surface area contributed by atoms with E-state index in [2.05, 4.69) is 24.1 Å². The zero-order valence-corrected chi connectivity index (χ0v) is 16.2. The van der Waals surface area contributed by atoms with Crippen LogP contribution in [0.1, 0.15) is 60.7 Å². The van der Waals surface area contributed by atoms with E-state index in [-0.39, 0.29) is 23.3 Å². The number of benzene rings is 1. The van der Waals surface area contributed by atoms with E-state index >= 15 is 0 Å². The third-order valence-electron chi connectivity index (χ3n) is 6.77. The van der Waals surface area contributed by atoms with Crippen molar-refractivity contribution >= 4 is 27.3 Å². The lowest BCUT2D eigenvalue weighted by atomic mass is 9.72. The van der Waals surface area contributed by atoms with Crippen molar-refractivity contribution in [2.75, 3.05) is 13.1 Å². The minimum Gasteiger partial charge on any atom is -0.346 e. The van der Waals surface area contributed by atoms with Gasteiger partial charge in [0.05, 0.1) is 9.58 Å². The second-order valence-corrected chi connectivity index (χ2v) is 9.75. The summed E-state index contributed by atoms with van der Waals surface area (Å²) >= 11 is 1.30. The van der Waals surface area contributed by atoms with E-state index in [1.54, 1.807) is 0 Å². The number of thiophene rings is 1. The minimum absolute atomic E-state index is 0.0160. The maximum Gasteiger partial charge on any atom is 0.261 e. The van der Waals surface area contributed by atoms with Crippen molar-refractivity contribution < 1.29 is 9.18 Å². The molecule has 6 rings (SSSR count). The number of piperidine rings is 3. The molecule has 26 heavy (non-hydrogen) atoms. The predicted molar refractivity (Wildman–Crippen MR) is 103 cm³/mol. The molecule has 0 spiro atoms. The standard InChI is InChI=1S/C21H25FN2OS/c1-21(2)19(13-7-9-24(21)10-8-13)23-20(25)16-11-14-5-6-15(12-3-4-12)17(22)18(14)26-16/h5-6,11-13,19H,3-4,7-10H2,1-2H3,(H,23,25). The van der Waals surface area contributed by atoms with Gasteiger partial charge >= 0.3 is 0 Å². The van der Waals surface area contributed by atoms with E-state index < -0.39 is 0 Å². The normalized spacial score (nSPS) is 29.9. The molecule has 2 aromatic rings. The lowest BCUT2D eigenvalue weighted by Crippen LogP contribution is -2.69. The highest BCUT2D eigenvalue weighted by Crippen LogP contribution is 2.44. The lowest BCUT2D eigenvalue weighted by Gasteiger charge is -2.56. The van der Waals surface area contributed by atoms with E-state index in [1.165, 1.54) is 11.3 Å². The number of rotatable bonds is 3. The molecule has 1 N–H and O–H groups in total. The smallest absolute Gasteiger partial charge is 0.261 e. The first-order valence-electron chi connectivity index (χ1n) is 9.73. The van der Waals surface area contributed by atoms with E-state index in [0.29, 0.717) is 21.4 Å². The van der Waals surface area contributed by atoms with E-state index in [4.69, 9.17) is 0 Å². The topological polar surface area (TPSA) is 32.3 Å². The van der Waals surface area contributed by atoms with Crippen molar-refractivity contribution in [3.8, 4) is 0 Å². The average Bonchev–Trinajstić information content (AvgIpc) is 3.36. The second-order valence-electron chi connectivity index (χ2n) is 8.70. The molecular weight excluding hydrogens is 347 g/mol. The monoisotopic (exact) mass is 372 g/mol. The Balaban J connectivity index is 1.43. The maximum absolute atomic E-state index is 14.8. The van der Waals surface area contributed by atoms with Gasteiger partial charge < -0.3 is 5.32 Å². The molecule has 1 amide bonds. The summed E-state index contributed by atoms with van der Waals surface area (Å²) in [4.78, 5) is 16.1. The zero-order valence-electron chi connectivity index (χ0n) is 15.3. The minimum atomic E-state index is -0.114. The fraction of sp³-hybridized carbons (Fsp3) is 0.571. The molecule has 1 atom stereocenters. The molecule has 0 radical (unpaired) electrons. The number of nitrogens with one attached hydrogen (secondary N) is 1. The van der Waals surface area contributed by atoms with E-state index in [0.717, 1.165) is 49.7 Å². The van der Waals surface area contributed by atoms with Crippen LogP contribution in [-0.2, 0) is 0 Å². The predicted octanol–water partition coefficient (Wildman–Crippen LogP) is 4.52. The van der Waals surface area contributed by atoms with Gasteiger partial charge in [0.15, 0.2) is 0 Å². The molecule has 1 unspecified atom stereocenters. The number of carbonyl (C=O) groups excluding carboxylic acids is 1. The van der Waals surface area contributed by atoms with Gasteiger partial charge in [0.2, 0.25) is 0 Å². The van der Waals surface area contributed by atoms with Crippen LogP contribution in [-0.4, -0.2) is 35.5 Å². The number of halogens is 1. The molecular formula is C21H25FN2OS. The molecule has 4 heterocycles. The van der Waals surface area contributed by atoms with Crippen molar-refractivity contribution in [3.63, 3.8) is 0 Å². The summed E-state index contributed by atoms with van der Waals surface area (Å²) in [6.45, 7) is 6.72. The Kier molecular flexibility index (Phi) is 3.70. The Hall–Kier alpha value is -1.46. The van der Waals surface area contributed by atoms with Crippen molar-refractivity contribution in [3.05, 3.63) is 34.5 Å². The zero-order chi connectivity index (χ0) is 18.1. The van der Waals surface area contributed by atoms with Crippen molar-refractivity contribution in [2.45, 2.75) is 57.0 Å². The molecule has 3 saturated heterocycles. The summed E-state index contributed by atoms with van der Waals surface area (Å²) < 4.78 is 15.4. The number of fused-ring (bicyclic) bond motifs is 4. The van der Waals surface area contributed by atoms with Crippen LogP contribution in [0.4, 0.5) is 4.39 Å². The molecule has 1 aromatic carbocycles. The van der Waals surface area contributed by atoms with E-state index in [1.807, 2.05) is 18.2 Å². The van der Waals surface area contributed by atoms with Gasteiger partial charge in [-0.1, -0.05) is 12.1 Å². The molecule has 1 aliphatic carbocycles. The van der Waals surface area contributed by atoms with Crippen LogP contribution in [0, 0.1) is 11.7 Å². The van der Waals surface area contributed by atoms with Gasteiger partial charge in [-0.25, -0.2) is 4.39 Å². The summed E-state index contributed by atoms with van der Waals surface area (Å²) in [5.74, 6) is 0.764. The highest BCUT2D eigenvalue weighted by Gasteiger charge is 2.48. The third-order valence-corrected chi connectivity index (χ3v) is 7.91. The van der Waals surface area contributed by atoms with Gasteiger partial charge in [0, 0.05) is 11.6 Å². The summed E-state index contributed by atoms with van der Waals surface area (Å²) in [6, 6.07) is 5.89. The van der Waals surface area contributed by atoms with Crippen LogP contribution in [0.15, 0.2) is 18.2 Å². The highest BCUT2D eigenvalue weighted by atomic mass is 32.1.